The van der Waals surface area contributed by atoms with E-state index in [-0.39, 0.29) is 5.95 Å². The first-order valence-electron chi connectivity index (χ1n) is 5.54. The maximum atomic E-state index is 5.52. The zero-order valence-corrected chi connectivity index (χ0v) is 10.3. The molecule has 0 aliphatic rings. The number of hydrogen-bond acceptors (Lipinski definition) is 6. The molecule has 92 valence electrons. The third-order valence-electron chi connectivity index (χ3n) is 1.74. The fraction of sp³-hybridized carbons (Fsp3) is 0.400. The van der Waals surface area contributed by atoms with E-state index < -0.39 is 0 Å². The van der Waals surface area contributed by atoms with Crippen LogP contribution < -0.4 is 11.1 Å². The first-order chi connectivity index (χ1) is 8.31. The zero-order chi connectivity index (χ0) is 12.7. The number of nitrogens with two attached hydrogens (primary N) is 1. The smallest absolute Gasteiger partial charge is 0.241 e. The molecule has 0 spiro atoms. The molecule has 2 rings (SSSR count). The zero-order valence-electron chi connectivity index (χ0n) is 10.3. The van der Waals surface area contributed by atoms with E-state index >= 15 is 0 Å². The van der Waals surface area contributed by atoms with Crippen LogP contribution in [0.1, 0.15) is 20.8 Å². The molecule has 2 aromatic rings. The van der Waals surface area contributed by atoms with Crippen LogP contribution in [0.15, 0.2) is 18.6 Å². The molecule has 7 nitrogen and oxygen atoms in total. The highest BCUT2D eigenvalue weighted by Crippen LogP contribution is 2.11. The molecule has 0 atom stereocenters. The van der Waals surface area contributed by atoms with Crippen LogP contribution in [0.3, 0.4) is 0 Å². The lowest BCUT2D eigenvalue weighted by Gasteiger charge is -2.03. The van der Waals surface area contributed by atoms with Gasteiger partial charge in [-0.1, -0.05) is 13.8 Å². The van der Waals surface area contributed by atoms with Crippen molar-refractivity contribution in [3.05, 3.63) is 18.6 Å². The second-order valence-corrected chi connectivity index (χ2v) is 2.80. The van der Waals surface area contributed by atoms with Crippen LogP contribution in [0.5, 0.6) is 0 Å². The summed E-state index contributed by atoms with van der Waals surface area (Å²) in [4.78, 5) is 11.9. The number of aromatic nitrogens is 5. The Morgan fingerprint density at radius 3 is 2.76 bits per heavy atom. The van der Waals surface area contributed by atoms with Gasteiger partial charge in [-0.25, -0.2) is 9.97 Å². The molecule has 0 saturated carbocycles. The number of nitrogens with one attached hydrogen (secondary N) is 1. The van der Waals surface area contributed by atoms with Crippen LogP contribution in [0.4, 0.5) is 11.9 Å². The van der Waals surface area contributed by atoms with Crippen molar-refractivity contribution in [2.24, 2.45) is 0 Å². The predicted octanol–water partition coefficient (Wildman–Crippen LogP) is 1.10. The van der Waals surface area contributed by atoms with Crippen molar-refractivity contribution in [3.8, 4) is 5.82 Å². The Morgan fingerprint density at radius 1 is 1.41 bits per heavy atom. The van der Waals surface area contributed by atoms with E-state index in [1.54, 1.807) is 16.9 Å². The Balaban J connectivity index is 0.000000686. The molecule has 0 aliphatic carbocycles. The fourth-order valence-corrected chi connectivity index (χ4v) is 1.17. The van der Waals surface area contributed by atoms with Crippen molar-refractivity contribution >= 4 is 11.9 Å². The summed E-state index contributed by atoms with van der Waals surface area (Å²) < 4.78 is 1.54. The molecule has 0 saturated heterocycles. The van der Waals surface area contributed by atoms with Gasteiger partial charge in [0.2, 0.25) is 11.9 Å². The molecular weight excluding hydrogens is 218 g/mol. The summed E-state index contributed by atoms with van der Waals surface area (Å²) in [6.07, 6.45) is 3.08. The molecule has 7 heteroatoms. The largest absolute Gasteiger partial charge is 0.366 e. The van der Waals surface area contributed by atoms with E-state index in [1.165, 1.54) is 6.33 Å². The Labute approximate surface area is 100 Å². The van der Waals surface area contributed by atoms with Crippen LogP contribution in [0.25, 0.3) is 5.82 Å². The molecule has 2 heterocycles. The van der Waals surface area contributed by atoms with Crippen LogP contribution >= 0.6 is 0 Å². The van der Waals surface area contributed by atoms with Gasteiger partial charge in [-0.15, -0.1) is 5.10 Å². The first-order valence-corrected chi connectivity index (χ1v) is 5.54. The van der Waals surface area contributed by atoms with E-state index in [0.29, 0.717) is 11.8 Å². The lowest BCUT2D eigenvalue weighted by Crippen LogP contribution is -2.07. The van der Waals surface area contributed by atoms with Crippen molar-refractivity contribution in [2.75, 3.05) is 17.6 Å². The molecule has 0 radical (unpaired) electrons. The van der Waals surface area contributed by atoms with Gasteiger partial charge in [0, 0.05) is 18.8 Å². The Bertz CT molecular complexity index is 437. The number of rotatable bonds is 3. The number of anilines is 2. The maximum Gasteiger partial charge on any atom is 0.241 e. The molecular formula is C10H17N7. The third kappa shape index (κ3) is 3.13. The molecule has 3 N–H and O–H groups in total. The normalized spacial score (nSPS) is 9.35. The lowest BCUT2D eigenvalue weighted by molar-refractivity contribution is 0.841. The monoisotopic (exact) mass is 235 g/mol. The summed E-state index contributed by atoms with van der Waals surface area (Å²) in [7, 11) is 0. The van der Waals surface area contributed by atoms with E-state index in [0.717, 1.165) is 6.54 Å². The Morgan fingerprint density at radius 2 is 2.18 bits per heavy atom. The van der Waals surface area contributed by atoms with Crippen molar-refractivity contribution < 1.29 is 0 Å². The topological polar surface area (TPSA) is 94.5 Å². The van der Waals surface area contributed by atoms with E-state index in [9.17, 15) is 0 Å². The molecule has 0 amide bonds. The minimum Gasteiger partial charge on any atom is -0.366 e. The van der Waals surface area contributed by atoms with Gasteiger partial charge in [0.25, 0.3) is 0 Å². The summed E-state index contributed by atoms with van der Waals surface area (Å²) in [5.41, 5.74) is 5.52. The Hall–Kier alpha value is -2.18. The molecule has 17 heavy (non-hydrogen) atoms. The summed E-state index contributed by atoms with van der Waals surface area (Å²) in [5.74, 6) is 1.42. The molecule has 0 aliphatic heterocycles. The van der Waals surface area contributed by atoms with Crippen molar-refractivity contribution in [1.82, 2.24) is 24.7 Å². The minimum absolute atomic E-state index is 0.213. The first kappa shape index (κ1) is 12.9. The average Bonchev–Trinajstić information content (AvgIpc) is 2.75. The number of hydrogen-bond donors (Lipinski definition) is 2. The van der Waals surface area contributed by atoms with Gasteiger partial charge in [0.05, 0.1) is 0 Å². The molecule has 0 aromatic carbocycles. The summed E-state index contributed by atoms with van der Waals surface area (Å²) >= 11 is 0. The van der Waals surface area contributed by atoms with Crippen molar-refractivity contribution in [1.29, 1.82) is 0 Å². The fourth-order valence-electron chi connectivity index (χ4n) is 1.17. The third-order valence-corrected chi connectivity index (χ3v) is 1.74. The lowest BCUT2D eigenvalue weighted by atomic mass is 10.6. The standard InChI is InChI=1S/C8H11N7.C2H6/c1-2-11-8-13-7(9)14-15(8)6-3-4-10-5-12-6;1-2/h3-5H,2H2,1H3,(H3,9,11,13,14);1-2H3. The average molecular weight is 235 g/mol. The second-order valence-electron chi connectivity index (χ2n) is 2.80. The maximum absolute atomic E-state index is 5.52. The number of nitrogens with zero attached hydrogens (tertiary/aromatic N) is 5. The van der Waals surface area contributed by atoms with Crippen LogP contribution in [-0.4, -0.2) is 31.3 Å². The van der Waals surface area contributed by atoms with Crippen LogP contribution in [-0.2, 0) is 0 Å². The van der Waals surface area contributed by atoms with Gasteiger partial charge in [-0.05, 0) is 6.92 Å². The van der Waals surface area contributed by atoms with Gasteiger partial charge in [0.15, 0.2) is 5.82 Å². The molecule has 2 aromatic heterocycles. The van der Waals surface area contributed by atoms with Crippen molar-refractivity contribution in [2.45, 2.75) is 20.8 Å². The van der Waals surface area contributed by atoms with Gasteiger partial charge >= 0.3 is 0 Å². The van der Waals surface area contributed by atoms with Crippen LogP contribution in [0, 0.1) is 0 Å². The quantitative estimate of drug-likeness (QED) is 0.827. The second kappa shape index (κ2) is 6.41. The van der Waals surface area contributed by atoms with Gasteiger partial charge in [-0.2, -0.15) is 9.67 Å². The van der Waals surface area contributed by atoms with Crippen molar-refractivity contribution in [3.63, 3.8) is 0 Å². The summed E-state index contributed by atoms with van der Waals surface area (Å²) in [6.45, 7) is 6.71. The highest BCUT2D eigenvalue weighted by atomic mass is 15.4. The highest BCUT2D eigenvalue weighted by Gasteiger charge is 2.08. The highest BCUT2D eigenvalue weighted by molar-refractivity contribution is 5.38. The van der Waals surface area contributed by atoms with Gasteiger partial charge in [0.1, 0.15) is 6.33 Å². The molecule has 0 bridgehead atoms. The van der Waals surface area contributed by atoms with E-state index in [1.807, 2.05) is 20.8 Å². The van der Waals surface area contributed by atoms with Gasteiger partial charge < -0.3 is 11.1 Å². The predicted molar refractivity (Wildman–Crippen MR) is 66.9 cm³/mol. The Kier molecular flexibility index (Phi) is 4.86. The van der Waals surface area contributed by atoms with E-state index in [4.69, 9.17) is 5.73 Å². The van der Waals surface area contributed by atoms with Gasteiger partial charge in [-0.3, -0.25) is 0 Å². The molecule has 0 unspecified atom stereocenters. The molecule has 0 fully saturated rings. The SMILES string of the molecule is CC.CCNc1nc(N)nn1-c1ccncn1. The van der Waals surface area contributed by atoms with E-state index in [2.05, 4.69) is 25.4 Å². The van der Waals surface area contributed by atoms with Crippen LogP contribution in [0.2, 0.25) is 0 Å². The summed E-state index contributed by atoms with van der Waals surface area (Å²) in [6, 6.07) is 1.73. The number of nitrogen functional groups attached to an aromatic ring is 1. The minimum atomic E-state index is 0.213. The summed E-state index contributed by atoms with van der Waals surface area (Å²) in [5, 5.41) is 7.07.